The van der Waals surface area contributed by atoms with Crippen molar-refractivity contribution < 1.29 is 9.53 Å². The zero-order valence-corrected chi connectivity index (χ0v) is 18.7. The second kappa shape index (κ2) is 7.81. The van der Waals surface area contributed by atoms with Crippen LogP contribution in [0.2, 0.25) is 0 Å². The van der Waals surface area contributed by atoms with Gasteiger partial charge in [-0.1, -0.05) is 0 Å². The third kappa shape index (κ3) is 3.78. The number of nitrogens with two attached hydrogens (primary N) is 1. The summed E-state index contributed by atoms with van der Waals surface area (Å²) in [5, 5.41) is 12.3. The van der Waals surface area contributed by atoms with Crippen LogP contribution in [0.4, 0.5) is 0 Å². The van der Waals surface area contributed by atoms with E-state index in [1.54, 1.807) is 18.9 Å². The third-order valence-corrected chi connectivity index (χ3v) is 8.41. The number of hydrogen-bond donors (Lipinski definition) is 2. The molecular formula is C23H30N4O2S. The van der Waals surface area contributed by atoms with Gasteiger partial charge in [-0.05, 0) is 88.0 Å². The molecule has 2 atom stereocenters. The number of amidine groups is 1. The first-order valence-electron chi connectivity index (χ1n) is 10.6. The van der Waals surface area contributed by atoms with Gasteiger partial charge in [0, 0.05) is 10.3 Å². The van der Waals surface area contributed by atoms with Crippen molar-refractivity contribution >= 4 is 23.5 Å². The fourth-order valence-corrected chi connectivity index (χ4v) is 7.10. The van der Waals surface area contributed by atoms with Crippen LogP contribution in [0.1, 0.15) is 46.0 Å². The van der Waals surface area contributed by atoms with Gasteiger partial charge < -0.3 is 10.5 Å². The third-order valence-electron chi connectivity index (χ3n) is 7.20. The van der Waals surface area contributed by atoms with E-state index in [1.807, 2.05) is 24.3 Å². The van der Waals surface area contributed by atoms with Crippen LogP contribution in [-0.2, 0) is 4.79 Å². The standard InChI is InChI=1S/C23H30N4O2S/c1-22(2,30-18-6-4-17(29-3)5-7-18)21(26-13-24)27-19-15-8-14-9-16(19)12-23(10-14,11-15)20(25)28/h4-7,14-16,19H,8-12H2,1-3H3,(H2,25,28)(H,26,27). The number of nitrogens with zero attached hydrogens (tertiary/aromatic N) is 2. The number of benzene rings is 1. The zero-order chi connectivity index (χ0) is 21.5. The van der Waals surface area contributed by atoms with Crippen molar-refractivity contribution in [1.29, 1.82) is 5.26 Å². The highest BCUT2D eigenvalue weighted by molar-refractivity contribution is 8.01. The molecule has 6 nitrogen and oxygen atoms in total. The van der Waals surface area contributed by atoms with Gasteiger partial charge >= 0.3 is 0 Å². The van der Waals surface area contributed by atoms with E-state index < -0.39 is 4.75 Å². The monoisotopic (exact) mass is 426 g/mol. The molecule has 0 radical (unpaired) electrons. The van der Waals surface area contributed by atoms with E-state index in [4.69, 9.17) is 15.5 Å². The number of carbonyl (C=O) groups excluding carboxylic acids is 1. The molecule has 1 aromatic rings. The number of nitriles is 1. The van der Waals surface area contributed by atoms with Gasteiger partial charge in [0.15, 0.2) is 6.19 Å². The predicted octanol–water partition coefficient (Wildman–Crippen LogP) is 3.72. The molecule has 4 aliphatic carbocycles. The molecule has 1 aromatic carbocycles. The van der Waals surface area contributed by atoms with Crippen LogP contribution in [0.3, 0.4) is 0 Å². The largest absolute Gasteiger partial charge is 0.497 e. The highest BCUT2D eigenvalue weighted by atomic mass is 32.2. The Morgan fingerprint density at radius 2 is 1.90 bits per heavy atom. The summed E-state index contributed by atoms with van der Waals surface area (Å²) in [5.74, 6) is 2.74. The van der Waals surface area contributed by atoms with Crippen LogP contribution in [-0.4, -0.2) is 29.6 Å². The topological polar surface area (TPSA) is 100 Å². The Morgan fingerprint density at radius 3 is 2.43 bits per heavy atom. The van der Waals surface area contributed by atoms with Crippen LogP contribution in [0.5, 0.6) is 5.75 Å². The highest BCUT2D eigenvalue weighted by Gasteiger charge is 2.58. The van der Waals surface area contributed by atoms with Gasteiger partial charge in [0.1, 0.15) is 11.6 Å². The molecule has 4 saturated carbocycles. The summed E-state index contributed by atoms with van der Waals surface area (Å²) in [6.07, 6.45) is 6.96. The highest BCUT2D eigenvalue weighted by Crippen LogP contribution is 2.60. The molecule has 7 heteroatoms. The van der Waals surface area contributed by atoms with E-state index in [2.05, 4.69) is 25.4 Å². The smallest absolute Gasteiger partial charge is 0.223 e. The first-order valence-corrected chi connectivity index (χ1v) is 11.4. The van der Waals surface area contributed by atoms with Gasteiger partial charge in [0.2, 0.25) is 5.91 Å². The summed E-state index contributed by atoms with van der Waals surface area (Å²) in [4.78, 5) is 18.4. The summed E-state index contributed by atoms with van der Waals surface area (Å²) in [6, 6.07) is 8.08. The molecule has 4 bridgehead atoms. The fourth-order valence-electron chi connectivity index (χ4n) is 6.04. The summed E-state index contributed by atoms with van der Waals surface area (Å²) >= 11 is 1.67. The quantitative estimate of drug-likeness (QED) is 0.237. The molecule has 3 N–H and O–H groups in total. The molecule has 2 unspecified atom stereocenters. The van der Waals surface area contributed by atoms with E-state index in [0.717, 1.165) is 42.7 Å². The lowest BCUT2D eigenvalue weighted by Crippen LogP contribution is -2.57. The Kier molecular flexibility index (Phi) is 5.48. The molecule has 0 saturated heterocycles. The van der Waals surface area contributed by atoms with Crippen LogP contribution in [0.15, 0.2) is 34.2 Å². The van der Waals surface area contributed by atoms with Crippen molar-refractivity contribution in [2.45, 2.75) is 61.6 Å². The van der Waals surface area contributed by atoms with Crippen molar-refractivity contribution in [1.82, 2.24) is 5.32 Å². The Labute approximate surface area is 182 Å². The maximum Gasteiger partial charge on any atom is 0.223 e. The molecule has 4 aliphatic rings. The van der Waals surface area contributed by atoms with Gasteiger partial charge in [-0.25, -0.2) is 0 Å². The number of methoxy groups -OCH3 is 1. The maximum absolute atomic E-state index is 12.2. The summed E-state index contributed by atoms with van der Waals surface area (Å²) in [5.41, 5.74) is 5.50. The van der Waals surface area contributed by atoms with E-state index in [-0.39, 0.29) is 17.4 Å². The predicted molar refractivity (Wildman–Crippen MR) is 118 cm³/mol. The lowest BCUT2D eigenvalue weighted by Gasteiger charge is -2.57. The SMILES string of the molecule is COc1ccc(SC(C)(C)C(=NC2C3CC4CC2CC(C(N)=O)(C4)C3)NC#N)cc1. The molecule has 0 aromatic heterocycles. The molecule has 160 valence electrons. The number of rotatable bonds is 6. The van der Waals surface area contributed by atoms with Gasteiger partial charge in [-0.2, -0.15) is 5.26 Å². The van der Waals surface area contributed by atoms with Gasteiger partial charge in [0.25, 0.3) is 0 Å². The number of amides is 1. The molecule has 0 aliphatic heterocycles. The normalized spacial score (nSPS) is 32.5. The first kappa shape index (κ1) is 21.0. The number of hydrogen-bond acceptors (Lipinski definition) is 5. The van der Waals surface area contributed by atoms with Crippen molar-refractivity contribution in [3.05, 3.63) is 24.3 Å². The minimum atomic E-state index is -0.402. The Hall–Kier alpha value is -2.20. The minimum Gasteiger partial charge on any atom is -0.497 e. The second-order valence-electron chi connectivity index (χ2n) is 9.61. The van der Waals surface area contributed by atoms with Crippen molar-refractivity contribution in [3.63, 3.8) is 0 Å². The number of nitrogens with one attached hydrogen (secondary N) is 1. The summed E-state index contributed by atoms with van der Waals surface area (Å²) in [6.45, 7) is 4.18. The molecule has 0 spiro atoms. The fraction of sp³-hybridized carbons (Fsp3) is 0.609. The maximum atomic E-state index is 12.2. The molecule has 5 rings (SSSR count). The van der Waals surface area contributed by atoms with Crippen LogP contribution in [0, 0.1) is 34.6 Å². The van der Waals surface area contributed by atoms with Crippen LogP contribution in [0.25, 0.3) is 0 Å². The minimum absolute atomic E-state index is 0.130. The van der Waals surface area contributed by atoms with Gasteiger partial charge in [-0.3, -0.25) is 15.1 Å². The number of carbonyl (C=O) groups is 1. The summed E-state index contributed by atoms with van der Waals surface area (Å²) < 4.78 is 4.84. The number of ether oxygens (including phenoxy) is 1. The number of thioether (sulfide) groups is 1. The Balaban J connectivity index is 1.58. The molecule has 30 heavy (non-hydrogen) atoms. The van der Waals surface area contributed by atoms with Crippen LogP contribution >= 0.6 is 11.8 Å². The molecule has 0 heterocycles. The lowest BCUT2D eigenvalue weighted by atomic mass is 9.48. The molecular weight excluding hydrogens is 396 g/mol. The average molecular weight is 427 g/mol. The lowest BCUT2D eigenvalue weighted by molar-refractivity contribution is -0.144. The first-order chi connectivity index (χ1) is 14.3. The second-order valence-corrected chi connectivity index (χ2v) is 11.3. The van der Waals surface area contributed by atoms with Gasteiger partial charge in [0.05, 0.1) is 17.9 Å². The number of aliphatic imine (C=N–C) groups is 1. The van der Waals surface area contributed by atoms with Crippen molar-refractivity contribution in [3.8, 4) is 11.9 Å². The average Bonchev–Trinajstić information content (AvgIpc) is 2.69. The van der Waals surface area contributed by atoms with Crippen LogP contribution < -0.4 is 15.8 Å². The van der Waals surface area contributed by atoms with E-state index in [1.165, 1.54) is 0 Å². The van der Waals surface area contributed by atoms with E-state index in [0.29, 0.717) is 23.6 Å². The van der Waals surface area contributed by atoms with Crippen molar-refractivity contribution in [2.24, 2.45) is 33.9 Å². The summed E-state index contributed by atoms with van der Waals surface area (Å²) in [7, 11) is 1.65. The van der Waals surface area contributed by atoms with E-state index in [9.17, 15) is 10.1 Å². The van der Waals surface area contributed by atoms with Crippen molar-refractivity contribution in [2.75, 3.05) is 7.11 Å². The molecule has 4 fully saturated rings. The zero-order valence-electron chi connectivity index (χ0n) is 17.9. The molecule has 1 amide bonds. The Bertz CT molecular complexity index is 873. The number of primary amides is 1. The Morgan fingerprint density at radius 1 is 1.27 bits per heavy atom. The van der Waals surface area contributed by atoms with Gasteiger partial charge in [-0.15, -0.1) is 11.8 Å². The van der Waals surface area contributed by atoms with E-state index >= 15 is 0 Å².